The van der Waals surface area contributed by atoms with Gasteiger partial charge in [-0.1, -0.05) is 11.6 Å². The molecule has 1 N–H and O–H groups in total. The quantitative estimate of drug-likeness (QED) is 0.717. The van der Waals surface area contributed by atoms with Crippen LogP contribution in [0.25, 0.3) is 0 Å². The number of amides is 1. The van der Waals surface area contributed by atoms with E-state index in [0.29, 0.717) is 6.54 Å². The molecule has 0 aromatic carbocycles. The highest BCUT2D eigenvalue weighted by molar-refractivity contribution is 5.68. The Balaban J connectivity index is 2.58. The lowest BCUT2D eigenvalue weighted by Gasteiger charge is -2.36. The van der Waals surface area contributed by atoms with Crippen molar-refractivity contribution in [2.24, 2.45) is 0 Å². The van der Waals surface area contributed by atoms with Crippen LogP contribution in [0.15, 0.2) is 11.6 Å². The summed E-state index contributed by atoms with van der Waals surface area (Å²) in [5.74, 6) is 0. The smallest absolute Gasteiger partial charge is 0.410 e. The fourth-order valence-electron chi connectivity index (χ4n) is 1.98. The molecule has 98 valence electrons. The van der Waals surface area contributed by atoms with Gasteiger partial charge in [-0.3, -0.25) is 0 Å². The van der Waals surface area contributed by atoms with E-state index in [0.717, 1.165) is 12.8 Å². The van der Waals surface area contributed by atoms with Crippen molar-refractivity contribution < 1.29 is 14.6 Å². The molecular formula is C13H23NO3. The van der Waals surface area contributed by atoms with Crippen LogP contribution in [0.4, 0.5) is 4.79 Å². The van der Waals surface area contributed by atoms with E-state index in [2.05, 4.69) is 0 Å². The summed E-state index contributed by atoms with van der Waals surface area (Å²) in [7, 11) is 0. The molecular weight excluding hydrogens is 218 g/mol. The zero-order valence-electron chi connectivity index (χ0n) is 11.2. The zero-order valence-corrected chi connectivity index (χ0v) is 11.2. The van der Waals surface area contributed by atoms with Gasteiger partial charge in [0.25, 0.3) is 0 Å². The molecule has 1 amide bonds. The first kappa shape index (κ1) is 14.0. The van der Waals surface area contributed by atoms with Crippen LogP contribution >= 0.6 is 0 Å². The second-order valence-corrected chi connectivity index (χ2v) is 5.52. The lowest BCUT2D eigenvalue weighted by Crippen LogP contribution is -2.45. The van der Waals surface area contributed by atoms with Gasteiger partial charge in [0.1, 0.15) is 5.60 Å². The van der Waals surface area contributed by atoms with Gasteiger partial charge in [0.15, 0.2) is 0 Å². The van der Waals surface area contributed by atoms with Crippen molar-refractivity contribution in [1.29, 1.82) is 0 Å². The van der Waals surface area contributed by atoms with Crippen molar-refractivity contribution in [3.8, 4) is 0 Å². The van der Waals surface area contributed by atoms with Crippen molar-refractivity contribution in [1.82, 2.24) is 4.90 Å². The molecule has 1 aliphatic heterocycles. The predicted octanol–water partition coefficient (Wildman–Crippen LogP) is 2.32. The van der Waals surface area contributed by atoms with Crippen molar-refractivity contribution in [3.63, 3.8) is 0 Å². The van der Waals surface area contributed by atoms with Gasteiger partial charge in [-0.25, -0.2) is 4.79 Å². The van der Waals surface area contributed by atoms with Gasteiger partial charge in [-0.15, -0.1) is 0 Å². The number of carbonyl (C=O) groups excluding carboxylic acids is 1. The van der Waals surface area contributed by atoms with E-state index in [-0.39, 0.29) is 18.7 Å². The number of hydrogen-bond donors (Lipinski definition) is 1. The summed E-state index contributed by atoms with van der Waals surface area (Å²) in [6, 6.07) is 0.136. The molecule has 17 heavy (non-hydrogen) atoms. The summed E-state index contributed by atoms with van der Waals surface area (Å²) in [6.07, 6.45) is 3.24. The van der Waals surface area contributed by atoms with E-state index in [1.165, 1.54) is 5.57 Å². The van der Waals surface area contributed by atoms with Gasteiger partial charge < -0.3 is 14.7 Å². The predicted molar refractivity (Wildman–Crippen MR) is 66.8 cm³/mol. The topological polar surface area (TPSA) is 49.8 Å². The standard InChI is InChI=1S/C13H23NO3/c1-10-9-11(6-8-15)5-7-14(10)12(16)17-13(2,3)4/h6,10,15H,5,7-9H2,1-4H3/b11-6-/t10-/m0/s1. The summed E-state index contributed by atoms with van der Waals surface area (Å²) in [6.45, 7) is 8.37. The first-order valence-electron chi connectivity index (χ1n) is 6.12. The number of aliphatic hydroxyl groups is 1. The van der Waals surface area contributed by atoms with Gasteiger partial charge in [-0.05, 0) is 40.5 Å². The van der Waals surface area contributed by atoms with E-state index in [9.17, 15) is 4.79 Å². The van der Waals surface area contributed by atoms with Crippen LogP contribution in [0.5, 0.6) is 0 Å². The molecule has 0 radical (unpaired) electrons. The molecule has 4 nitrogen and oxygen atoms in total. The van der Waals surface area contributed by atoms with Crippen LogP contribution in [0.3, 0.4) is 0 Å². The second kappa shape index (κ2) is 5.54. The van der Waals surface area contributed by atoms with E-state index in [1.807, 2.05) is 33.8 Å². The van der Waals surface area contributed by atoms with Crippen LogP contribution in [0.2, 0.25) is 0 Å². The van der Waals surface area contributed by atoms with Gasteiger partial charge in [-0.2, -0.15) is 0 Å². The highest BCUT2D eigenvalue weighted by atomic mass is 16.6. The number of nitrogens with zero attached hydrogens (tertiary/aromatic N) is 1. The van der Waals surface area contributed by atoms with Crippen LogP contribution in [0, 0.1) is 0 Å². The largest absolute Gasteiger partial charge is 0.444 e. The molecule has 0 bridgehead atoms. The van der Waals surface area contributed by atoms with E-state index < -0.39 is 5.60 Å². The lowest BCUT2D eigenvalue weighted by molar-refractivity contribution is 0.0152. The Morgan fingerprint density at radius 3 is 2.71 bits per heavy atom. The minimum absolute atomic E-state index is 0.0779. The number of likely N-dealkylation sites (tertiary alicyclic amines) is 1. The van der Waals surface area contributed by atoms with Gasteiger partial charge >= 0.3 is 6.09 Å². The van der Waals surface area contributed by atoms with Crippen LogP contribution in [0.1, 0.15) is 40.5 Å². The van der Waals surface area contributed by atoms with Crippen molar-refractivity contribution in [2.75, 3.05) is 13.2 Å². The number of ether oxygens (including phenoxy) is 1. The second-order valence-electron chi connectivity index (χ2n) is 5.52. The van der Waals surface area contributed by atoms with Crippen molar-refractivity contribution in [3.05, 3.63) is 11.6 Å². The molecule has 0 aromatic rings. The highest BCUT2D eigenvalue weighted by Gasteiger charge is 2.29. The Bertz CT molecular complexity index is 304. The summed E-state index contributed by atoms with van der Waals surface area (Å²) < 4.78 is 5.36. The molecule has 0 aromatic heterocycles. The van der Waals surface area contributed by atoms with Crippen molar-refractivity contribution >= 4 is 6.09 Å². The number of aliphatic hydroxyl groups excluding tert-OH is 1. The molecule has 4 heteroatoms. The average Bonchev–Trinajstić information content (AvgIpc) is 2.15. The van der Waals surface area contributed by atoms with Gasteiger partial charge in [0, 0.05) is 12.6 Å². The van der Waals surface area contributed by atoms with Gasteiger partial charge in [0.2, 0.25) is 0 Å². The zero-order chi connectivity index (χ0) is 13.1. The van der Waals surface area contributed by atoms with E-state index >= 15 is 0 Å². The third kappa shape index (κ3) is 4.38. The molecule has 0 saturated carbocycles. The molecule has 1 aliphatic rings. The van der Waals surface area contributed by atoms with Gasteiger partial charge in [0.05, 0.1) is 6.61 Å². The third-order valence-electron chi connectivity index (χ3n) is 2.77. The Morgan fingerprint density at radius 2 is 2.24 bits per heavy atom. The molecule has 1 saturated heterocycles. The Labute approximate surface area is 103 Å². The molecule has 0 spiro atoms. The molecule has 1 rings (SSSR count). The fourth-order valence-corrected chi connectivity index (χ4v) is 1.98. The normalized spacial score (nSPS) is 23.9. The van der Waals surface area contributed by atoms with Crippen LogP contribution < -0.4 is 0 Å². The lowest BCUT2D eigenvalue weighted by atomic mass is 9.98. The number of piperidine rings is 1. The number of carbonyl (C=O) groups is 1. The first-order valence-corrected chi connectivity index (χ1v) is 6.12. The maximum absolute atomic E-state index is 11.9. The molecule has 1 atom stereocenters. The molecule has 1 fully saturated rings. The first-order chi connectivity index (χ1) is 7.83. The Morgan fingerprint density at radius 1 is 1.59 bits per heavy atom. The molecule has 0 aliphatic carbocycles. The van der Waals surface area contributed by atoms with Crippen LogP contribution in [-0.4, -0.2) is 40.9 Å². The maximum atomic E-state index is 11.9. The monoisotopic (exact) mass is 241 g/mol. The summed E-state index contributed by atoms with van der Waals surface area (Å²) in [4.78, 5) is 13.7. The number of hydrogen-bond acceptors (Lipinski definition) is 3. The minimum atomic E-state index is -0.446. The van der Waals surface area contributed by atoms with E-state index in [1.54, 1.807) is 4.90 Å². The maximum Gasteiger partial charge on any atom is 0.410 e. The summed E-state index contributed by atoms with van der Waals surface area (Å²) >= 11 is 0. The molecule has 1 heterocycles. The molecule has 0 unspecified atom stereocenters. The Kier molecular flexibility index (Phi) is 4.57. The van der Waals surface area contributed by atoms with E-state index in [4.69, 9.17) is 9.84 Å². The average molecular weight is 241 g/mol. The fraction of sp³-hybridized carbons (Fsp3) is 0.769. The number of rotatable bonds is 1. The SMILES string of the molecule is C[C@H]1C/C(=C\CO)CCN1C(=O)OC(C)(C)C. The third-order valence-corrected chi connectivity index (χ3v) is 2.77. The minimum Gasteiger partial charge on any atom is -0.444 e. The van der Waals surface area contributed by atoms with Crippen molar-refractivity contribution in [2.45, 2.75) is 52.2 Å². The highest BCUT2D eigenvalue weighted by Crippen LogP contribution is 2.23. The summed E-state index contributed by atoms with van der Waals surface area (Å²) in [5.41, 5.74) is 0.776. The summed E-state index contributed by atoms with van der Waals surface area (Å²) in [5, 5.41) is 8.85. The van der Waals surface area contributed by atoms with Crippen LogP contribution in [-0.2, 0) is 4.74 Å². The Hall–Kier alpha value is -1.03.